The number of benzene rings is 1. The third-order valence-electron chi connectivity index (χ3n) is 6.92. The molecule has 10 heteroatoms. The Bertz CT molecular complexity index is 1040. The first kappa shape index (κ1) is 35.5. The van der Waals surface area contributed by atoms with Crippen molar-refractivity contribution in [3.05, 3.63) is 41.6 Å². The average molecular weight is 573 g/mol. The number of nitrogens with one attached hydrogen (secondary N) is 2. The van der Waals surface area contributed by atoms with Gasteiger partial charge in [-0.25, -0.2) is 0 Å². The van der Waals surface area contributed by atoms with E-state index in [2.05, 4.69) is 10.6 Å². The first-order valence-electron chi connectivity index (χ1n) is 14.3. The molecule has 1 unspecified atom stereocenters. The molecular weight excluding hydrogens is 524 g/mol. The van der Waals surface area contributed by atoms with Crippen LogP contribution in [0.25, 0.3) is 0 Å². The van der Waals surface area contributed by atoms with Crippen LogP contribution in [0, 0.1) is 5.92 Å². The zero-order valence-corrected chi connectivity index (χ0v) is 25.6. The van der Waals surface area contributed by atoms with Gasteiger partial charge in [0.25, 0.3) is 0 Å². The van der Waals surface area contributed by atoms with Crippen molar-refractivity contribution in [1.29, 1.82) is 0 Å². The van der Waals surface area contributed by atoms with Crippen molar-refractivity contribution < 1.29 is 28.7 Å². The van der Waals surface area contributed by atoms with E-state index in [1.54, 1.807) is 58.4 Å². The van der Waals surface area contributed by atoms with Crippen molar-refractivity contribution >= 4 is 35.0 Å². The normalized spacial score (nSPS) is 11.9. The molecule has 1 atom stereocenters. The molecule has 0 aliphatic rings. The third-order valence-corrected chi connectivity index (χ3v) is 6.92. The predicted molar refractivity (Wildman–Crippen MR) is 160 cm³/mol. The van der Waals surface area contributed by atoms with Crippen LogP contribution in [0.15, 0.2) is 36.0 Å². The van der Waals surface area contributed by atoms with Gasteiger partial charge in [-0.15, -0.1) is 0 Å². The van der Waals surface area contributed by atoms with E-state index in [9.17, 15) is 24.0 Å². The minimum atomic E-state index is -0.335. The summed E-state index contributed by atoms with van der Waals surface area (Å²) in [5, 5.41) is 5.80. The number of rotatable bonds is 20. The highest BCUT2D eigenvalue weighted by Crippen LogP contribution is 2.16. The molecular formula is C31H48N4O6. The van der Waals surface area contributed by atoms with Gasteiger partial charge >= 0.3 is 0 Å². The van der Waals surface area contributed by atoms with Gasteiger partial charge in [-0.1, -0.05) is 25.5 Å². The lowest BCUT2D eigenvalue weighted by Crippen LogP contribution is -2.36. The fourth-order valence-electron chi connectivity index (χ4n) is 3.79. The molecule has 1 aromatic rings. The fourth-order valence-corrected chi connectivity index (χ4v) is 3.79. The molecule has 2 N–H and O–H groups in total. The number of ether oxygens (including phenoxy) is 1. The van der Waals surface area contributed by atoms with E-state index in [-0.39, 0.29) is 48.0 Å². The largest absolute Gasteiger partial charge is 0.392 e. The Labute approximate surface area is 244 Å². The summed E-state index contributed by atoms with van der Waals surface area (Å²) in [4.78, 5) is 63.3. The molecule has 0 radical (unpaired) electrons. The molecule has 10 nitrogen and oxygen atoms in total. The van der Waals surface area contributed by atoms with E-state index in [1.807, 2.05) is 13.8 Å². The van der Waals surface area contributed by atoms with Crippen LogP contribution in [0.1, 0.15) is 64.9 Å². The number of ketones is 2. The Morgan fingerprint density at radius 2 is 1.63 bits per heavy atom. The maximum Gasteiger partial charge on any atom is 0.236 e. The van der Waals surface area contributed by atoms with Crippen LogP contribution in [0.5, 0.6) is 0 Å². The zero-order valence-electron chi connectivity index (χ0n) is 25.6. The summed E-state index contributed by atoms with van der Waals surface area (Å²) in [6.45, 7) is 7.00. The van der Waals surface area contributed by atoms with Crippen molar-refractivity contribution in [1.82, 2.24) is 15.5 Å². The fraction of sp³-hybridized carbons (Fsp3) is 0.581. The summed E-state index contributed by atoms with van der Waals surface area (Å²) in [6.07, 6.45) is 5.09. The Kier molecular flexibility index (Phi) is 16.9. The van der Waals surface area contributed by atoms with E-state index in [4.69, 9.17) is 4.74 Å². The lowest BCUT2D eigenvalue weighted by Gasteiger charge is -2.21. The van der Waals surface area contributed by atoms with Gasteiger partial charge in [0.2, 0.25) is 17.7 Å². The second-order valence-electron chi connectivity index (χ2n) is 10.4. The summed E-state index contributed by atoms with van der Waals surface area (Å²) < 4.78 is 5.55. The van der Waals surface area contributed by atoms with Gasteiger partial charge in [-0.2, -0.15) is 0 Å². The second-order valence-corrected chi connectivity index (χ2v) is 10.4. The van der Waals surface area contributed by atoms with Gasteiger partial charge < -0.3 is 25.2 Å². The lowest BCUT2D eigenvalue weighted by atomic mass is 10.0. The number of hydrogen-bond acceptors (Lipinski definition) is 7. The minimum Gasteiger partial charge on any atom is -0.392 e. The van der Waals surface area contributed by atoms with Crippen LogP contribution in [-0.4, -0.2) is 81.6 Å². The second kappa shape index (κ2) is 19.5. The molecule has 0 bridgehead atoms. The highest BCUT2D eigenvalue weighted by molar-refractivity contribution is 6.04. The topological polar surface area (TPSA) is 125 Å². The van der Waals surface area contributed by atoms with E-state index >= 15 is 0 Å². The summed E-state index contributed by atoms with van der Waals surface area (Å²) in [6, 6.07) is 7.12. The van der Waals surface area contributed by atoms with Crippen LogP contribution < -0.4 is 15.5 Å². The van der Waals surface area contributed by atoms with E-state index in [0.717, 1.165) is 30.5 Å². The molecule has 0 aliphatic heterocycles. The van der Waals surface area contributed by atoms with Gasteiger partial charge in [0.05, 0.1) is 6.61 Å². The van der Waals surface area contributed by atoms with Crippen molar-refractivity contribution in [3.63, 3.8) is 0 Å². The number of carbonyl (C=O) groups is 5. The standard InChI is InChI=1S/C31H48N4O6/c1-23(25(3)36)10-7-8-16-33-29(38)11-9-18-41-19-17-34(5)30(39)22-31(40)35(6)27-14-12-26(13-15-27)21-28(37)20-24(2)32-4/h12-15,20,23,32H,7-11,16-19,21-22H2,1-6H3,(H,33,38)/b24-20-. The minimum absolute atomic E-state index is 0.0171. The van der Waals surface area contributed by atoms with E-state index in [0.29, 0.717) is 44.8 Å². The molecule has 0 aliphatic carbocycles. The number of carbonyl (C=O) groups excluding carboxylic acids is 5. The van der Waals surface area contributed by atoms with Crippen LogP contribution in [-0.2, 0) is 35.1 Å². The van der Waals surface area contributed by atoms with Crippen molar-refractivity contribution in [2.75, 3.05) is 52.3 Å². The number of Topliss-reactive ketones (excluding diaryl/α,β-unsaturated/α-hetero) is 1. The highest BCUT2D eigenvalue weighted by Gasteiger charge is 2.18. The zero-order chi connectivity index (χ0) is 30.8. The first-order valence-corrected chi connectivity index (χ1v) is 14.3. The van der Waals surface area contributed by atoms with Crippen molar-refractivity contribution in [3.8, 4) is 0 Å². The van der Waals surface area contributed by atoms with Gasteiger partial charge in [0.1, 0.15) is 12.2 Å². The Morgan fingerprint density at radius 3 is 2.27 bits per heavy atom. The molecule has 0 heterocycles. The summed E-state index contributed by atoms with van der Waals surface area (Å²) in [5.74, 6) is -0.416. The molecule has 0 spiro atoms. The highest BCUT2D eigenvalue weighted by atomic mass is 16.5. The van der Waals surface area contributed by atoms with E-state index < -0.39 is 0 Å². The molecule has 1 rings (SSSR count). The van der Waals surface area contributed by atoms with Crippen LogP contribution in [0.3, 0.4) is 0 Å². The molecule has 0 saturated heterocycles. The number of allylic oxidation sites excluding steroid dienone is 2. The number of likely N-dealkylation sites (N-methyl/N-ethyl adjacent to an activating group) is 1. The molecule has 0 saturated carbocycles. The smallest absolute Gasteiger partial charge is 0.236 e. The van der Waals surface area contributed by atoms with Crippen molar-refractivity contribution in [2.45, 2.75) is 65.7 Å². The van der Waals surface area contributed by atoms with Gasteiger partial charge in [-0.05, 0) is 50.8 Å². The Hall–Kier alpha value is -3.53. The van der Waals surface area contributed by atoms with Crippen LogP contribution in [0.4, 0.5) is 5.69 Å². The maximum absolute atomic E-state index is 12.6. The molecule has 41 heavy (non-hydrogen) atoms. The van der Waals surface area contributed by atoms with Gasteiger partial charge in [-0.3, -0.25) is 24.0 Å². The first-order chi connectivity index (χ1) is 19.4. The Balaban J connectivity index is 2.25. The molecule has 3 amide bonds. The van der Waals surface area contributed by atoms with Gasteiger partial charge in [0.15, 0.2) is 5.78 Å². The van der Waals surface area contributed by atoms with Crippen LogP contribution >= 0.6 is 0 Å². The molecule has 0 fully saturated rings. The number of anilines is 1. The predicted octanol–water partition coefficient (Wildman–Crippen LogP) is 3.04. The van der Waals surface area contributed by atoms with E-state index in [1.165, 1.54) is 9.80 Å². The third kappa shape index (κ3) is 15.2. The molecule has 0 aromatic heterocycles. The summed E-state index contributed by atoms with van der Waals surface area (Å²) in [7, 11) is 5.00. The maximum atomic E-state index is 12.6. The Morgan fingerprint density at radius 1 is 0.951 bits per heavy atom. The quantitative estimate of drug-likeness (QED) is 0.140. The van der Waals surface area contributed by atoms with Gasteiger partial charge in [0, 0.05) is 77.1 Å². The molecule has 228 valence electrons. The number of nitrogens with zero attached hydrogens (tertiary/aromatic N) is 2. The van der Waals surface area contributed by atoms with Crippen molar-refractivity contribution in [2.24, 2.45) is 5.92 Å². The summed E-state index contributed by atoms with van der Waals surface area (Å²) >= 11 is 0. The monoisotopic (exact) mass is 572 g/mol. The number of hydrogen-bond donors (Lipinski definition) is 2. The molecule has 1 aromatic carbocycles. The SMILES string of the molecule is CN/C(C)=C\C(=O)Cc1ccc(N(C)C(=O)CC(=O)N(C)CCOCCCC(=O)NCCCCC(C)C(C)=O)cc1. The average Bonchev–Trinajstić information content (AvgIpc) is 2.93. The summed E-state index contributed by atoms with van der Waals surface area (Å²) in [5.41, 5.74) is 2.26. The van der Waals surface area contributed by atoms with Crippen LogP contribution in [0.2, 0.25) is 0 Å². The number of amides is 3. The lowest BCUT2D eigenvalue weighted by molar-refractivity contribution is -0.134. The number of unbranched alkanes of at least 4 members (excludes halogenated alkanes) is 1.